The number of aromatic nitrogens is 2. The fourth-order valence-electron chi connectivity index (χ4n) is 2.90. The Balaban J connectivity index is 1.34. The first kappa shape index (κ1) is 20.6. The normalized spacial score (nSPS) is 10.9. The van der Waals surface area contributed by atoms with Crippen LogP contribution < -0.4 is 10.2 Å². The molecule has 4 aromatic rings. The van der Waals surface area contributed by atoms with Gasteiger partial charge in [-0.3, -0.25) is 9.48 Å². The van der Waals surface area contributed by atoms with E-state index in [1.54, 1.807) is 23.2 Å². The van der Waals surface area contributed by atoms with E-state index in [2.05, 4.69) is 31.6 Å². The van der Waals surface area contributed by atoms with Crippen molar-refractivity contribution in [1.29, 1.82) is 0 Å². The molecule has 7 heteroatoms. The number of carbonyl (C=O) groups excluding carboxylic acids is 1. The van der Waals surface area contributed by atoms with Crippen LogP contribution >= 0.6 is 15.9 Å². The summed E-state index contributed by atoms with van der Waals surface area (Å²) in [6, 6.07) is 26.6. The summed E-state index contributed by atoms with van der Waals surface area (Å²) >= 11 is 3.45. The summed E-state index contributed by atoms with van der Waals surface area (Å²) in [7, 11) is 0. The minimum Gasteiger partial charge on any atom is -0.457 e. The predicted octanol–water partition coefficient (Wildman–Crippen LogP) is 5.25. The van der Waals surface area contributed by atoms with Crippen LogP contribution in [0.15, 0.2) is 101 Å². The van der Waals surface area contributed by atoms with Crippen molar-refractivity contribution < 1.29 is 9.53 Å². The Morgan fingerprint density at radius 3 is 2.65 bits per heavy atom. The quantitative estimate of drug-likeness (QED) is 0.293. The average Bonchev–Trinajstić information content (AvgIpc) is 3.23. The van der Waals surface area contributed by atoms with Gasteiger partial charge >= 0.3 is 0 Å². The molecule has 0 saturated carbocycles. The number of hydrazone groups is 1. The monoisotopic (exact) mass is 474 g/mol. The van der Waals surface area contributed by atoms with Gasteiger partial charge in [0, 0.05) is 10.7 Å². The van der Waals surface area contributed by atoms with Crippen molar-refractivity contribution in [2.24, 2.45) is 5.10 Å². The molecule has 0 aliphatic heterocycles. The maximum absolute atomic E-state index is 12.3. The zero-order chi connectivity index (χ0) is 21.5. The molecule has 4 rings (SSSR count). The van der Waals surface area contributed by atoms with E-state index in [0.29, 0.717) is 18.0 Å². The Morgan fingerprint density at radius 1 is 1.00 bits per heavy atom. The van der Waals surface area contributed by atoms with Crippen LogP contribution in [0, 0.1) is 0 Å². The molecule has 0 radical (unpaired) electrons. The lowest BCUT2D eigenvalue weighted by atomic mass is 10.2. The SMILES string of the molecule is O=C(N/N=C/c1cccc(Oc2ccccc2)c1)c1ccn(Cc2cccc(Br)c2)n1. The van der Waals surface area contributed by atoms with E-state index >= 15 is 0 Å². The molecular formula is C24H19BrN4O2. The minimum atomic E-state index is -0.374. The molecule has 0 saturated heterocycles. The van der Waals surface area contributed by atoms with Crippen LogP contribution in [-0.2, 0) is 6.54 Å². The highest BCUT2D eigenvalue weighted by atomic mass is 79.9. The van der Waals surface area contributed by atoms with E-state index in [-0.39, 0.29) is 5.91 Å². The third kappa shape index (κ3) is 5.90. The molecule has 1 heterocycles. The van der Waals surface area contributed by atoms with Crippen LogP contribution in [0.2, 0.25) is 0 Å². The number of hydrogen-bond donors (Lipinski definition) is 1. The summed E-state index contributed by atoms with van der Waals surface area (Å²) in [5.41, 5.74) is 4.69. The van der Waals surface area contributed by atoms with E-state index in [4.69, 9.17) is 4.74 Å². The van der Waals surface area contributed by atoms with Gasteiger partial charge in [0.25, 0.3) is 5.91 Å². The summed E-state index contributed by atoms with van der Waals surface area (Å²) in [5, 5.41) is 8.35. The minimum absolute atomic E-state index is 0.299. The Labute approximate surface area is 188 Å². The van der Waals surface area contributed by atoms with E-state index in [0.717, 1.165) is 21.3 Å². The molecule has 31 heavy (non-hydrogen) atoms. The number of para-hydroxylation sites is 1. The Morgan fingerprint density at radius 2 is 1.81 bits per heavy atom. The molecule has 0 bridgehead atoms. The van der Waals surface area contributed by atoms with Gasteiger partial charge in [0.05, 0.1) is 12.8 Å². The number of carbonyl (C=O) groups is 1. The topological polar surface area (TPSA) is 68.5 Å². The molecule has 0 unspecified atom stereocenters. The number of nitrogens with zero attached hydrogens (tertiary/aromatic N) is 3. The smallest absolute Gasteiger partial charge is 0.291 e. The number of halogens is 1. The molecule has 1 aromatic heterocycles. The second-order valence-electron chi connectivity index (χ2n) is 6.72. The third-order valence-electron chi connectivity index (χ3n) is 4.32. The van der Waals surface area contributed by atoms with Crippen molar-refractivity contribution in [3.05, 3.63) is 112 Å². The Kier molecular flexibility index (Phi) is 6.54. The highest BCUT2D eigenvalue weighted by Gasteiger charge is 2.09. The first-order valence-electron chi connectivity index (χ1n) is 9.60. The predicted molar refractivity (Wildman–Crippen MR) is 123 cm³/mol. The zero-order valence-corrected chi connectivity index (χ0v) is 18.1. The van der Waals surface area contributed by atoms with E-state index < -0.39 is 0 Å². The molecule has 0 aliphatic carbocycles. The molecule has 1 amide bonds. The molecule has 3 aromatic carbocycles. The van der Waals surface area contributed by atoms with Crippen LogP contribution in [-0.4, -0.2) is 21.9 Å². The van der Waals surface area contributed by atoms with Gasteiger partial charge in [-0.15, -0.1) is 0 Å². The Bertz CT molecular complexity index is 1200. The zero-order valence-electron chi connectivity index (χ0n) is 16.5. The standard InChI is InChI=1S/C24H19BrN4O2/c25-20-8-4-7-19(14-20)17-29-13-12-23(28-29)24(30)27-26-16-18-6-5-11-22(15-18)31-21-9-2-1-3-10-21/h1-16H,17H2,(H,27,30)/b26-16+. The first-order valence-corrected chi connectivity index (χ1v) is 10.4. The van der Waals surface area contributed by atoms with Crippen LogP contribution in [0.1, 0.15) is 21.6 Å². The van der Waals surface area contributed by atoms with Crippen LogP contribution in [0.5, 0.6) is 11.5 Å². The summed E-state index contributed by atoms with van der Waals surface area (Å²) < 4.78 is 8.53. The molecular weight excluding hydrogens is 456 g/mol. The van der Waals surface area contributed by atoms with E-state index in [9.17, 15) is 4.79 Å². The molecule has 0 fully saturated rings. The molecule has 1 N–H and O–H groups in total. The summed E-state index contributed by atoms with van der Waals surface area (Å²) in [6.45, 7) is 0.574. The lowest BCUT2D eigenvalue weighted by Crippen LogP contribution is -2.18. The van der Waals surface area contributed by atoms with Gasteiger partial charge in [-0.05, 0) is 53.6 Å². The van der Waals surface area contributed by atoms with Gasteiger partial charge in [0.1, 0.15) is 11.5 Å². The Hall–Kier alpha value is -3.71. The number of nitrogens with one attached hydrogen (secondary N) is 1. The molecule has 0 atom stereocenters. The maximum Gasteiger partial charge on any atom is 0.291 e. The van der Waals surface area contributed by atoms with Crippen LogP contribution in [0.3, 0.4) is 0 Å². The highest BCUT2D eigenvalue weighted by molar-refractivity contribution is 9.10. The number of ether oxygens (including phenoxy) is 1. The van der Waals surface area contributed by atoms with E-state index in [1.807, 2.05) is 78.9 Å². The van der Waals surface area contributed by atoms with Gasteiger partial charge in [-0.25, -0.2) is 5.43 Å². The number of amides is 1. The van der Waals surface area contributed by atoms with E-state index in [1.165, 1.54) is 0 Å². The highest BCUT2D eigenvalue weighted by Crippen LogP contribution is 2.21. The van der Waals surface area contributed by atoms with Crippen molar-refractivity contribution in [3.8, 4) is 11.5 Å². The number of benzene rings is 3. The first-order chi connectivity index (χ1) is 15.2. The van der Waals surface area contributed by atoms with Gasteiger partial charge in [-0.1, -0.05) is 58.4 Å². The van der Waals surface area contributed by atoms with Gasteiger partial charge in [0.15, 0.2) is 5.69 Å². The lowest BCUT2D eigenvalue weighted by Gasteiger charge is -2.05. The van der Waals surface area contributed by atoms with Crippen LogP contribution in [0.25, 0.3) is 0 Å². The molecule has 0 aliphatic rings. The van der Waals surface area contributed by atoms with Gasteiger partial charge in [-0.2, -0.15) is 10.2 Å². The van der Waals surface area contributed by atoms with Crippen molar-refractivity contribution in [2.75, 3.05) is 0 Å². The van der Waals surface area contributed by atoms with Crippen molar-refractivity contribution in [3.63, 3.8) is 0 Å². The average molecular weight is 475 g/mol. The van der Waals surface area contributed by atoms with Crippen molar-refractivity contribution >= 4 is 28.1 Å². The van der Waals surface area contributed by atoms with Crippen LogP contribution in [0.4, 0.5) is 0 Å². The van der Waals surface area contributed by atoms with Crippen molar-refractivity contribution in [2.45, 2.75) is 6.54 Å². The number of rotatable bonds is 7. The second kappa shape index (κ2) is 9.86. The summed E-state index contributed by atoms with van der Waals surface area (Å²) in [4.78, 5) is 12.3. The summed E-state index contributed by atoms with van der Waals surface area (Å²) in [5.74, 6) is 1.07. The maximum atomic E-state index is 12.3. The summed E-state index contributed by atoms with van der Waals surface area (Å²) in [6.07, 6.45) is 3.33. The lowest BCUT2D eigenvalue weighted by molar-refractivity contribution is 0.0949. The third-order valence-corrected chi connectivity index (χ3v) is 4.82. The molecule has 0 spiro atoms. The largest absolute Gasteiger partial charge is 0.457 e. The second-order valence-corrected chi connectivity index (χ2v) is 7.63. The van der Waals surface area contributed by atoms with Gasteiger partial charge in [0.2, 0.25) is 0 Å². The molecule has 154 valence electrons. The number of hydrogen-bond acceptors (Lipinski definition) is 4. The molecule has 6 nitrogen and oxygen atoms in total. The fourth-order valence-corrected chi connectivity index (χ4v) is 3.35. The van der Waals surface area contributed by atoms with Gasteiger partial charge < -0.3 is 4.74 Å². The van der Waals surface area contributed by atoms with Crippen molar-refractivity contribution in [1.82, 2.24) is 15.2 Å². The fraction of sp³-hybridized carbons (Fsp3) is 0.0417.